The van der Waals surface area contributed by atoms with E-state index in [0.717, 1.165) is 19.1 Å². The van der Waals surface area contributed by atoms with Crippen LogP contribution in [-0.2, 0) is 19.8 Å². The molecule has 1 saturated heterocycles. The topological polar surface area (TPSA) is 162 Å². The van der Waals surface area contributed by atoms with Crippen LogP contribution in [0.1, 0.15) is 62.7 Å². The molecule has 1 saturated carbocycles. The second-order valence-corrected chi connectivity index (χ2v) is 13.6. The van der Waals surface area contributed by atoms with Crippen LogP contribution in [-0.4, -0.2) is 66.6 Å². The Morgan fingerprint density at radius 2 is 1.60 bits per heavy atom. The van der Waals surface area contributed by atoms with Gasteiger partial charge in [0, 0.05) is 48.5 Å². The van der Waals surface area contributed by atoms with Crippen LogP contribution in [0.2, 0.25) is 0 Å². The summed E-state index contributed by atoms with van der Waals surface area (Å²) >= 11 is 0. The molecule has 3 N–H and O–H groups in total. The van der Waals surface area contributed by atoms with E-state index in [2.05, 4.69) is 26.1 Å². The van der Waals surface area contributed by atoms with Crippen LogP contribution in [0.3, 0.4) is 0 Å². The maximum absolute atomic E-state index is 12.7. The van der Waals surface area contributed by atoms with Crippen molar-refractivity contribution in [2.75, 3.05) is 35.3 Å². The molecule has 1 aliphatic heterocycles. The Kier molecular flexibility index (Phi) is 8.45. The number of aromatic nitrogens is 2. The van der Waals surface area contributed by atoms with Crippen LogP contribution in [0, 0.1) is 0 Å². The zero-order valence-corrected chi connectivity index (χ0v) is 25.4. The number of anilines is 3. The van der Waals surface area contributed by atoms with E-state index in [-0.39, 0.29) is 27.9 Å². The van der Waals surface area contributed by atoms with Crippen molar-refractivity contribution in [3.8, 4) is 5.75 Å². The van der Waals surface area contributed by atoms with Gasteiger partial charge in [0.05, 0.1) is 12.5 Å². The first-order valence-electron chi connectivity index (χ1n) is 14.2. The molecule has 3 aromatic rings. The van der Waals surface area contributed by atoms with Crippen molar-refractivity contribution in [2.24, 2.45) is 0 Å². The lowest BCUT2D eigenvalue weighted by Crippen LogP contribution is -2.56. The summed E-state index contributed by atoms with van der Waals surface area (Å²) in [6, 6.07) is 11.3. The van der Waals surface area contributed by atoms with E-state index >= 15 is 0 Å². The fraction of sp³-hybridized carbons (Fsp3) is 0.448. The number of nitrogens with one attached hydrogen (secondary N) is 3. The highest BCUT2D eigenvalue weighted by atomic mass is 32.2. The number of ether oxygens (including phenoxy) is 1. The van der Waals surface area contributed by atoms with Gasteiger partial charge in [-0.3, -0.25) is 10.1 Å². The standard InChI is InChI=1S/C29H36N6O7S/c1-29(2,3)25-17-26(34-41-25)33-28(37)32-20-7-5-19(6-8-20)31-27(36)24-12-11-23(18-30-24)40-22-13-15-35(16-14-22,21-9-10-21)42-43(4,38)39/h5-8,11-12,17-18,21-22H,9-10,13-16H2,1-4H3,(H2-,30,31,32,33,34,36,37)/p+1. The molecule has 43 heavy (non-hydrogen) atoms. The minimum absolute atomic E-state index is 0.0965. The maximum Gasteiger partial charge on any atom is 0.324 e. The van der Waals surface area contributed by atoms with Gasteiger partial charge in [-0.1, -0.05) is 30.2 Å². The third-order valence-electron chi connectivity index (χ3n) is 7.32. The summed E-state index contributed by atoms with van der Waals surface area (Å²) in [5.41, 5.74) is 1.03. The molecule has 0 unspecified atom stereocenters. The van der Waals surface area contributed by atoms with Crippen LogP contribution >= 0.6 is 0 Å². The Hall–Kier alpha value is -4.01. The molecular formula is C29H37N6O7S+. The van der Waals surface area contributed by atoms with Crippen LogP contribution in [0.15, 0.2) is 53.2 Å². The molecule has 2 fully saturated rings. The molecule has 0 atom stereocenters. The molecule has 1 aliphatic carbocycles. The van der Waals surface area contributed by atoms with Gasteiger partial charge in [-0.15, -0.1) is 0 Å². The molecule has 3 amide bonds. The number of rotatable bonds is 9. The molecule has 2 aromatic heterocycles. The average molecular weight is 614 g/mol. The van der Waals surface area contributed by atoms with Crippen molar-refractivity contribution in [3.05, 3.63) is 60.1 Å². The predicted octanol–water partition coefficient (Wildman–Crippen LogP) is 4.68. The number of benzene rings is 1. The number of pyridine rings is 1. The van der Waals surface area contributed by atoms with Crippen LogP contribution in [0.5, 0.6) is 5.75 Å². The van der Waals surface area contributed by atoms with Gasteiger partial charge in [-0.25, -0.2) is 9.78 Å². The monoisotopic (exact) mass is 613 g/mol. The summed E-state index contributed by atoms with van der Waals surface area (Å²) in [4.78, 5) is 29.3. The first kappa shape index (κ1) is 30.4. The summed E-state index contributed by atoms with van der Waals surface area (Å²) in [5, 5.41) is 12.0. The molecule has 1 aromatic carbocycles. The van der Waals surface area contributed by atoms with E-state index in [9.17, 15) is 18.0 Å². The number of carbonyl (C=O) groups excluding carboxylic acids is 2. The fourth-order valence-corrected chi connectivity index (χ4v) is 5.80. The van der Waals surface area contributed by atoms with Gasteiger partial charge >= 0.3 is 16.1 Å². The smallest absolute Gasteiger partial charge is 0.324 e. The van der Waals surface area contributed by atoms with Crippen LogP contribution in [0.25, 0.3) is 0 Å². The highest BCUT2D eigenvalue weighted by Crippen LogP contribution is 2.39. The lowest BCUT2D eigenvalue weighted by Gasteiger charge is -2.39. The second-order valence-electron chi connectivity index (χ2n) is 12.0. The van der Waals surface area contributed by atoms with Crippen LogP contribution < -0.4 is 20.7 Å². The van der Waals surface area contributed by atoms with E-state index in [1.165, 1.54) is 6.20 Å². The minimum Gasteiger partial charge on any atom is -0.488 e. The number of amides is 3. The van der Waals surface area contributed by atoms with Crippen LogP contribution in [0.4, 0.5) is 22.0 Å². The number of nitrogens with zero attached hydrogens (tertiary/aromatic N) is 3. The molecule has 0 radical (unpaired) electrons. The molecule has 2 aliphatic rings. The molecule has 13 nitrogen and oxygen atoms in total. The zero-order chi connectivity index (χ0) is 30.8. The van der Waals surface area contributed by atoms with Gasteiger partial charge in [0.25, 0.3) is 5.91 Å². The van der Waals surface area contributed by atoms with Gasteiger partial charge in [0.1, 0.15) is 42.4 Å². The highest BCUT2D eigenvalue weighted by Gasteiger charge is 2.51. The maximum atomic E-state index is 12.7. The van der Waals surface area contributed by atoms with Gasteiger partial charge in [-0.2, -0.15) is 13.1 Å². The summed E-state index contributed by atoms with van der Waals surface area (Å²) in [5.74, 6) is 1.10. The van der Waals surface area contributed by atoms with Crippen molar-refractivity contribution in [3.63, 3.8) is 0 Å². The van der Waals surface area contributed by atoms with Crippen molar-refractivity contribution >= 4 is 39.2 Å². The largest absolute Gasteiger partial charge is 0.488 e. The lowest BCUT2D eigenvalue weighted by molar-refractivity contribution is -1.09. The fourth-order valence-electron chi connectivity index (χ4n) is 4.99. The number of hydroxylamine groups is 3. The summed E-state index contributed by atoms with van der Waals surface area (Å²) in [6.45, 7) is 7.08. The quantitative estimate of drug-likeness (QED) is 0.291. The molecule has 230 valence electrons. The van der Waals surface area contributed by atoms with Crippen molar-refractivity contribution in [2.45, 2.75) is 64.0 Å². The highest BCUT2D eigenvalue weighted by molar-refractivity contribution is 7.85. The predicted molar refractivity (Wildman–Crippen MR) is 159 cm³/mol. The average Bonchev–Trinajstić information content (AvgIpc) is 3.69. The van der Waals surface area contributed by atoms with E-state index in [1.54, 1.807) is 42.5 Å². The number of carbonyl (C=O) groups is 2. The Balaban J connectivity index is 1.09. The van der Waals surface area contributed by atoms with Crippen molar-refractivity contribution in [1.82, 2.24) is 10.1 Å². The Morgan fingerprint density at radius 3 is 2.14 bits per heavy atom. The number of hydrogen-bond donors (Lipinski definition) is 3. The molecule has 0 bridgehead atoms. The third-order valence-corrected chi connectivity index (χ3v) is 7.89. The van der Waals surface area contributed by atoms with Gasteiger partial charge in [-0.05, 0) is 36.4 Å². The summed E-state index contributed by atoms with van der Waals surface area (Å²) in [6.07, 6.45) is 5.74. The second kappa shape index (κ2) is 11.9. The van der Waals surface area contributed by atoms with Gasteiger partial charge in [0.15, 0.2) is 5.82 Å². The van der Waals surface area contributed by atoms with Gasteiger partial charge < -0.3 is 19.9 Å². The Morgan fingerprint density at radius 1 is 0.953 bits per heavy atom. The third kappa shape index (κ3) is 8.09. The Bertz CT molecular complexity index is 1550. The number of urea groups is 1. The SMILES string of the molecule is CC(C)(C)c1cc(NC(=O)Nc2ccc(NC(=O)c3ccc(OC4CC[N+](OS(C)(=O)=O)(C5CC5)CC4)cn3)cc2)no1. The number of likely N-dealkylation sites (tertiary alicyclic amines) is 1. The lowest BCUT2D eigenvalue weighted by atomic mass is 9.93. The number of piperidine rings is 1. The Labute approximate surface area is 250 Å². The van der Waals surface area contributed by atoms with Crippen molar-refractivity contribution < 1.29 is 36.2 Å². The summed E-state index contributed by atoms with van der Waals surface area (Å²) < 4.78 is 40.6. The number of quaternary nitrogens is 1. The molecule has 3 heterocycles. The molecule has 5 rings (SSSR count). The number of hydrogen-bond acceptors (Lipinski definition) is 9. The normalized spacial score (nSPS) is 20.7. The van der Waals surface area contributed by atoms with E-state index < -0.39 is 22.1 Å². The van der Waals surface area contributed by atoms with E-state index in [1.807, 2.05) is 20.8 Å². The molecule has 0 spiro atoms. The van der Waals surface area contributed by atoms with Gasteiger partial charge in [0.2, 0.25) is 0 Å². The first-order chi connectivity index (χ1) is 20.3. The van der Waals surface area contributed by atoms with E-state index in [0.29, 0.717) is 54.6 Å². The zero-order valence-electron chi connectivity index (χ0n) is 24.6. The minimum atomic E-state index is -3.56. The molecular weight excluding hydrogens is 576 g/mol. The summed E-state index contributed by atoms with van der Waals surface area (Å²) in [7, 11) is -3.56. The first-order valence-corrected chi connectivity index (χ1v) is 16.0. The molecule has 14 heteroatoms. The van der Waals surface area contributed by atoms with Crippen molar-refractivity contribution in [1.29, 1.82) is 0 Å². The van der Waals surface area contributed by atoms with E-state index in [4.69, 9.17) is 13.5 Å².